The van der Waals surface area contributed by atoms with Crippen molar-refractivity contribution < 1.29 is 0 Å². The van der Waals surface area contributed by atoms with Gasteiger partial charge in [0.15, 0.2) is 0 Å². The van der Waals surface area contributed by atoms with Crippen LogP contribution in [0.15, 0.2) is 48.8 Å². The van der Waals surface area contributed by atoms with Crippen LogP contribution in [0.5, 0.6) is 0 Å². The van der Waals surface area contributed by atoms with E-state index in [-0.39, 0.29) is 0 Å². The predicted molar refractivity (Wildman–Crippen MR) is 107 cm³/mol. The van der Waals surface area contributed by atoms with Crippen LogP contribution >= 0.6 is 11.6 Å². The molecular formula is C21H19ClN4. The molecular weight excluding hydrogens is 344 g/mol. The third kappa shape index (κ3) is 3.65. The number of hydrogen-bond donors (Lipinski definition) is 0. The van der Waals surface area contributed by atoms with Gasteiger partial charge in [-0.1, -0.05) is 17.5 Å². The van der Waals surface area contributed by atoms with E-state index in [4.69, 9.17) is 11.6 Å². The molecule has 0 N–H and O–H groups in total. The normalized spacial score (nSPS) is 14.9. The quantitative estimate of drug-likeness (QED) is 0.490. The van der Waals surface area contributed by atoms with Crippen molar-refractivity contribution in [3.63, 3.8) is 0 Å². The lowest BCUT2D eigenvalue weighted by atomic mass is 10.1. The molecule has 1 saturated heterocycles. The minimum atomic E-state index is 0.449. The van der Waals surface area contributed by atoms with Gasteiger partial charge in [-0.2, -0.15) is 0 Å². The molecule has 1 aliphatic rings. The van der Waals surface area contributed by atoms with Gasteiger partial charge in [-0.15, -0.1) is 0 Å². The smallest absolute Gasteiger partial charge is 0.129 e. The van der Waals surface area contributed by atoms with Gasteiger partial charge >= 0.3 is 0 Å². The summed E-state index contributed by atoms with van der Waals surface area (Å²) in [6.45, 7) is 4.34. The fourth-order valence-corrected chi connectivity index (χ4v) is 3.25. The number of benzene rings is 1. The van der Waals surface area contributed by atoms with Gasteiger partial charge in [0.1, 0.15) is 10.8 Å². The van der Waals surface area contributed by atoms with E-state index in [0.717, 1.165) is 48.2 Å². The van der Waals surface area contributed by atoms with Crippen LogP contribution in [0.2, 0.25) is 5.15 Å². The first-order chi connectivity index (χ1) is 12.7. The van der Waals surface area contributed by atoms with Crippen LogP contribution in [0.1, 0.15) is 11.3 Å². The molecule has 2 aromatic heterocycles. The lowest BCUT2D eigenvalue weighted by Crippen LogP contribution is -2.44. The number of fused-ring (bicyclic) bond motifs is 1. The van der Waals surface area contributed by atoms with Gasteiger partial charge in [0.25, 0.3) is 0 Å². The summed E-state index contributed by atoms with van der Waals surface area (Å²) in [6.07, 6.45) is 3.49. The standard InChI is InChI=1S/C21H19ClN4/c1-25-10-12-26(13-11-25)18-5-2-16(3-6-18)4-7-20-19-14-21(22)24-15-17(19)8-9-23-20/h2-3,5-6,8-9,14-15H,10-13H2,1H3. The lowest BCUT2D eigenvalue weighted by Gasteiger charge is -2.34. The monoisotopic (exact) mass is 362 g/mol. The number of hydrogen-bond acceptors (Lipinski definition) is 4. The van der Waals surface area contributed by atoms with E-state index in [9.17, 15) is 0 Å². The summed E-state index contributed by atoms with van der Waals surface area (Å²) in [5.41, 5.74) is 2.95. The first-order valence-electron chi connectivity index (χ1n) is 8.65. The highest BCUT2D eigenvalue weighted by atomic mass is 35.5. The number of rotatable bonds is 1. The van der Waals surface area contributed by atoms with Crippen molar-refractivity contribution in [2.24, 2.45) is 0 Å². The highest BCUT2D eigenvalue weighted by Gasteiger charge is 2.13. The average molecular weight is 363 g/mol. The van der Waals surface area contributed by atoms with Crippen LogP contribution in [-0.2, 0) is 0 Å². The van der Waals surface area contributed by atoms with Crippen LogP contribution < -0.4 is 4.90 Å². The molecule has 1 fully saturated rings. The van der Waals surface area contributed by atoms with Crippen molar-refractivity contribution in [2.75, 3.05) is 38.1 Å². The molecule has 5 heteroatoms. The Hall–Kier alpha value is -2.61. The fourth-order valence-electron chi connectivity index (χ4n) is 3.09. The summed E-state index contributed by atoms with van der Waals surface area (Å²) in [7, 11) is 2.17. The van der Waals surface area contributed by atoms with Crippen molar-refractivity contribution in [1.82, 2.24) is 14.9 Å². The molecule has 0 unspecified atom stereocenters. The van der Waals surface area contributed by atoms with Gasteiger partial charge in [0, 0.05) is 60.6 Å². The van der Waals surface area contributed by atoms with Crippen LogP contribution in [0.25, 0.3) is 10.8 Å². The Kier molecular flexibility index (Phi) is 4.75. The SMILES string of the molecule is CN1CCN(c2ccc(C#Cc3nccc4cnc(Cl)cc34)cc2)CC1. The molecule has 0 atom stereocenters. The summed E-state index contributed by atoms with van der Waals surface area (Å²) < 4.78 is 0. The van der Waals surface area contributed by atoms with E-state index in [1.54, 1.807) is 12.4 Å². The molecule has 1 aromatic carbocycles. The van der Waals surface area contributed by atoms with Gasteiger partial charge < -0.3 is 9.80 Å². The van der Waals surface area contributed by atoms with Crippen LogP contribution in [0, 0.1) is 11.8 Å². The van der Waals surface area contributed by atoms with Gasteiger partial charge in [-0.05, 0) is 49.4 Å². The molecule has 3 aromatic rings. The lowest BCUT2D eigenvalue weighted by molar-refractivity contribution is 0.313. The first-order valence-corrected chi connectivity index (χ1v) is 9.03. The number of likely N-dealkylation sites (N-methyl/N-ethyl adjacent to an activating group) is 1. The van der Waals surface area contributed by atoms with Gasteiger partial charge in [0.2, 0.25) is 0 Å². The summed E-state index contributed by atoms with van der Waals surface area (Å²) in [5.74, 6) is 6.38. The van der Waals surface area contributed by atoms with Crippen molar-refractivity contribution in [1.29, 1.82) is 0 Å². The second kappa shape index (κ2) is 7.33. The second-order valence-electron chi connectivity index (χ2n) is 6.47. The van der Waals surface area contributed by atoms with Crippen molar-refractivity contribution in [2.45, 2.75) is 0 Å². The van der Waals surface area contributed by atoms with Crippen LogP contribution in [0.4, 0.5) is 5.69 Å². The minimum Gasteiger partial charge on any atom is -0.369 e. The number of aromatic nitrogens is 2. The maximum absolute atomic E-state index is 6.01. The topological polar surface area (TPSA) is 32.3 Å². The largest absolute Gasteiger partial charge is 0.369 e. The van der Waals surface area contributed by atoms with E-state index in [1.807, 2.05) is 12.1 Å². The minimum absolute atomic E-state index is 0.449. The van der Waals surface area contributed by atoms with E-state index in [0.29, 0.717) is 5.15 Å². The van der Waals surface area contributed by atoms with Gasteiger partial charge in [-0.25, -0.2) is 9.97 Å². The Morgan fingerprint density at radius 2 is 1.73 bits per heavy atom. The molecule has 4 rings (SSSR count). The second-order valence-corrected chi connectivity index (χ2v) is 6.86. The Morgan fingerprint density at radius 1 is 0.962 bits per heavy atom. The zero-order chi connectivity index (χ0) is 17.9. The Morgan fingerprint density at radius 3 is 2.50 bits per heavy atom. The van der Waals surface area contributed by atoms with Gasteiger partial charge in [0.05, 0.1) is 0 Å². The molecule has 0 bridgehead atoms. The van der Waals surface area contributed by atoms with Crippen LogP contribution in [0.3, 0.4) is 0 Å². The molecule has 0 radical (unpaired) electrons. The molecule has 0 amide bonds. The van der Waals surface area contributed by atoms with Crippen LogP contribution in [-0.4, -0.2) is 48.1 Å². The van der Waals surface area contributed by atoms with E-state index in [1.165, 1.54) is 5.69 Å². The zero-order valence-corrected chi connectivity index (χ0v) is 15.4. The molecule has 4 nitrogen and oxygen atoms in total. The van der Waals surface area contributed by atoms with E-state index in [2.05, 4.69) is 62.9 Å². The molecule has 1 aliphatic heterocycles. The summed E-state index contributed by atoms with van der Waals surface area (Å²) in [6, 6.07) is 12.2. The van der Waals surface area contributed by atoms with Crippen molar-refractivity contribution in [3.05, 3.63) is 65.2 Å². The Bertz CT molecular complexity index is 980. The van der Waals surface area contributed by atoms with Crippen molar-refractivity contribution in [3.8, 4) is 11.8 Å². The number of anilines is 1. The fraction of sp³-hybridized carbons (Fsp3) is 0.238. The molecule has 0 spiro atoms. The number of piperazine rings is 1. The maximum atomic E-state index is 6.01. The first kappa shape index (κ1) is 16.8. The Labute approximate surface area is 158 Å². The van der Waals surface area contributed by atoms with Crippen molar-refractivity contribution >= 4 is 28.1 Å². The molecule has 130 valence electrons. The highest BCUT2D eigenvalue weighted by Crippen LogP contribution is 2.19. The Balaban J connectivity index is 1.56. The predicted octanol–water partition coefficient (Wildman–Crippen LogP) is 3.43. The number of nitrogens with zero attached hydrogens (tertiary/aromatic N) is 4. The van der Waals surface area contributed by atoms with E-state index < -0.39 is 0 Å². The summed E-state index contributed by atoms with van der Waals surface area (Å²) >= 11 is 6.01. The number of pyridine rings is 2. The molecule has 0 aliphatic carbocycles. The highest BCUT2D eigenvalue weighted by molar-refractivity contribution is 6.30. The summed E-state index contributed by atoms with van der Waals surface area (Å²) in [5, 5.41) is 2.36. The zero-order valence-electron chi connectivity index (χ0n) is 14.6. The molecule has 3 heterocycles. The summed E-state index contributed by atoms with van der Waals surface area (Å²) in [4.78, 5) is 13.3. The average Bonchev–Trinajstić information content (AvgIpc) is 2.67. The third-order valence-corrected chi connectivity index (χ3v) is 4.88. The molecule has 0 saturated carbocycles. The van der Waals surface area contributed by atoms with Gasteiger partial charge in [-0.3, -0.25) is 0 Å². The van der Waals surface area contributed by atoms with E-state index >= 15 is 0 Å². The third-order valence-electron chi connectivity index (χ3n) is 4.68. The maximum Gasteiger partial charge on any atom is 0.129 e. The molecule has 26 heavy (non-hydrogen) atoms. The number of halogens is 1.